The van der Waals surface area contributed by atoms with Crippen LogP contribution in [-0.4, -0.2) is 19.6 Å². The quantitative estimate of drug-likeness (QED) is 0.807. The summed E-state index contributed by atoms with van der Waals surface area (Å²) in [6.45, 7) is 8.92. The molecule has 0 aromatic carbocycles. The first-order valence-electron chi connectivity index (χ1n) is 6.63. The van der Waals surface area contributed by atoms with Crippen LogP contribution in [0.3, 0.4) is 0 Å². The minimum absolute atomic E-state index is 0.00788. The molecule has 0 aliphatic heterocycles. The lowest BCUT2D eigenvalue weighted by molar-refractivity contribution is 0.602. The van der Waals surface area contributed by atoms with Crippen molar-refractivity contribution in [3.8, 4) is 0 Å². The van der Waals surface area contributed by atoms with Crippen molar-refractivity contribution in [3.05, 3.63) is 34.4 Å². The summed E-state index contributed by atoms with van der Waals surface area (Å²) >= 11 is 6.22. The van der Waals surface area contributed by atoms with Crippen molar-refractivity contribution in [1.29, 1.82) is 0 Å². The SMILES string of the molecule is CCc1cc(Cn2nc(C)c(C(C)Cl)c2C)n(C)n1. The fraction of sp³-hybridized carbons (Fsp3) is 0.571. The van der Waals surface area contributed by atoms with Crippen LogP contribution in [0.25, 0.3) is 0 Å². The fourth-order valence-corrected chi connectivity index (χ4v) is 2.80. The van der Waals surface area contributed by atoms with Crippen molar-refractivity contribution in [1.82, 2.24) is 19.6 Å². The molecule has 0 aliphatic carbocycles. The lowest BCUT2D eigenvalue weighted by atomic mass is 10.1. The summed E-state index contributed by atoms with van der Waals surface area (Å²) in [5.41, 5.74) is 5.57. The van der Waals surface area contributed by atoms with E-state index in [1.54, 1.807) is 0 Å². The average Bonchev–Trinajstić information content (AvgIpc) is 2.81. The molecule has 0 N–H and O–H groups in total. The Bertz CT molecular complexity index is 581. The molecule has 1 unspecified atom stereocenters. The number of hydrogen-bond acceptors (Lipinski definition) is 2. The van der Waals surface area contributed by atoms with Gasteiger partial charge in [-0.2, -0.15) is 10.2 Å². The zero-order valence-corrected chi connectivity index (χ0v) is 13.0. The smallest absolute Gasteiger partial charge is 0.0831 e. The third kappa shape index (κ3) is 2.68. The molecular weight excluding hydrogens is 260 g/mol. The minimum atomic E-state index is -0.00788. The van der Waals surface area contributed by atoms with Gasteiger partial charge in [-0.05, 0) is 33.3 Å². The van der Waals surface area contributed by atoms with E-state index in [-0.39, 0.29) is 5.38 Å². The second-order valence-corrected chi connectivity index (χ2v) is 5.62. The summed E-state index contributed by atoms with van der Waals surface area (Å²) in [7, 11) is 1.98. The predicted molar refractivity (Wildman–Crippen MR) is 77.7 cm³/mol. The minimum Gasteiger partial charge on any atom is -0.270 e. The molecule has 2 rings (SSSR count). The predicted octanol–water partition coefficient (Wildman–Crippen LogP) is 3.14. The monoisotopic (exact) mass is 280 g/mol. The van der Waals surface area contributed by atoms with Crippen LogP contribution >= 0.6 is 11.6 Å². The van der Waals surface area contributed by atoms with Crippen molar-refractivity contribution in [2.24, 2.45) is 7.05 Å². The Hall–Kier alpha value is -1.29. The van der Waals surface area contributed by atoms with Gasteiger partial charge in [0.15, 0.2) is 0 Å². The molecule has 104 valence electrons. The Balaban J connectivity index is 2.33. The molecule has 1 atom stereocenters. The Kier molecular flexibility index (Phi) is 3.99. The average molecular weight is 281 g/mol. The standard InChI is InChI=1S/C14H21ClN4/c1-6-12-7-13(18(5)17-12)8-19-11(4)14(9(2)15)10(3)16-19/h7,9H,6,8H2,1-5H3. The highest BCUT2D eigenvalue weighted by molar-refractivity contribution is 6.20. The lowest BCUT2D eigenvalue weighted by Crippen LogP contribution is -2.08. The van der Waals surface area contributed by atoms with Crippen LogP contribution in [0.15, 0.2) is 6.07 Å². The van der Waals surface area contributed by atoms with E-state index in [1.807, 2.05) is 30.3 Å². The lowest BCUT2D eigenvalue weighted by Gasteiger charge is -2.06. The molecular formula is C14H21ClN4. The number of alkyl halides is 1. The van der Waals surface area contributed by atoms with E-state index in [2.05, 4.69) is 30.1 Å². The molecule has 19 heavy (non-hydrogen) atoms. The summed E-state index contributed by atoms with van der Waals surface area (Å²) in [6.07, 6.45) is 0.953. The van der Waals surface area contributed by atoms with E-state index in [9.17, 15) is 0 Å². The topological polar surface area (TPSA) is 35.6 Å². The largest absolute Gasteiger partial charge is 0.270 e. The first-order valence-corrected chi connectivity index (χ1v) is 7.07. The Morgan fingerprint density at radius 1 is 1.32 bits per heavy atom. The summed E-state index contributed by atoms with van der Waals surface area (Å²) in [6, 6.07) is 2.14. The molecule has 0 fully saturated rings. The van der Waals surface area contributed by atoms with Crippen molar-refractivity contribution in [2.75, 3.05) is 0 Å². The number of rotatable bonds is 4. The maximum atomic E-state index is 6.22. The molecule has 0 radical (unpaired) electrons. The molecule has 2 heterocycles. The third-order valence-corrected chi connectivity index (χ3v) is 3.75. The van der Waals surface area contributed by atoms with Gasteiger partial charge >= 0.3 is 0 Å². The van der Waals surface area contributed by atoms with Crippen molar-refractivity contribution in [3.63, 3.8) is 0 Å². The normalized spacial score (nSPS) is 12.9. The van der Waals surface area contributed by atoms with Crippen LogP contribution in [0.5, 0.6) is 0 Å². The van der Waals surface area contributed by atoms with Gasteiger partial charge in [0, 0.05) is 18.3 Å². The van der Waals surface area contributed by atoms with E-state index in [0.717, 1.165) is 41.3 Å². The molecule has 4 nitrogen and oxygen atoms in total. The first kappa shape index (κ1) is 14.1. The molecule has 5 heteroatoms. The van der Waals surface area contributed by atoms with Gasteiger partial charge in [-0.3, -0.25) is 9.36 Å². The first-order chi connectivity index (χ1) is 8.93. The molecule has 0 aliphatic rings. The summed E-state index contributed by atoms with van der Waals surface area (Å²) in [5, 5.41) is 9.05. The van der Waals surface area contributed by atoms with Crippen molar-refractivity contribution < 1.29 is 0 Å². The van der Waals surface area contributed by atoms with E-state index in [4.69, 9.17) is 11.6 Å². The molecule has 0 bridgehead atoms. The van der Waals surface area contributed by atoms with E-state index in [0.29, 0.717) is 0 Å². The zero-order valence-electron chi connectivity index (χ0n) is 12.2. The maximum Gasteiger partial charge on any atom is 0.0831 e. The van der Waals surface area contributed by atoms with E-state index < -0.39 is 0 Å². The molecule has 0 saturated heterocycles. The van der Waals surface area contributed by atoms with Gasteiger partial charge in [-0.15, -0.1) is 11.6 Å². The summed E-state index contributed by atoms with van der Waals surface area (Å²) < 4.78 is 3.94. The molecule has 0 amide bonds. The van der Waals surface area contributed by atoms with Gasteiger partial charge in [0.25, 0.3) is 0 Å². The summed E-state index contributed by atoms with van der Waals surface area (Å²) in [4.78, 5) is 0. The number of aryl methyl sites for hydroxylation is 3. The van der Waals surface area contributed by atoms with Gasteiger partial charge < -0.3 is 0 Å². The van der Waals surface area contributed by atoms with Crippen LogP contribution < -0.4 is 0 Å². The number of nitrogens with zero attached hydrogens (tertiary/aromatic N) is 4. The zero-order chi connectivity index (χ0) is 14.2. The Labute approximate surface area is 119 Å². The second kappa shape index (κ2) is 5.37. The maximum absolute atomic E-state index is 6.22. The highest BCUT2D eigenvalue weighted by Gasteiger charge is 2.16. The fourth-order valence-electron chi connectivity index (χ4n) is 2.49. The van der Waals surface area contributed by atoms with Gasteiger partial charge in [0.1, 0.15) is 0 Å². The van der Waals surface area contributed by atoms with Crippen LogP contribution in [-0.2, 0) is 20.0 Å². The van der Waals surface area contributed by atoms with Crippen molar-refractivity contribution >= 4 is 11.6 Å². The summed E-state index contributed by atoms with van der Waals surface area (Å²) in [5.74, 6) is 0. The second-order valence-electron chi connectivity index (χ2n) is 4.96. The number of hydrogen-bond donors (Lipinski definition) is 0. The Morgan fingerprint density at radius 3 is 2.47 bits per heavy atom. The van der Waals surface area contributed by atoms with Crippen LogP contribution in [0, 0.1) is 13.8 Å². The highest BCUT2D eigenvalue weighted by atomic mass is 35.5. The van der Waals surface area contributed by atoms with E-state index in [1.165, 1.54) is 0 Å². The highest BCUT2D eigenvalue weighted by Crippen LogP contribution is 2.26. The van der Waals surface area contributed by atoms with Gasteiger partial charge in [0.05, 0.1) is 29.0 Å². The van der Waals surface area contributed by atoms with Gasteiger partial charge in [0.2, 0.25) is 0 Å². The van der Waals surface area contributed by atoms with Crippen molar-refractivity contribution in [2.45, 2.75) is 46.0 Å². The number of aromatic nitrogens is 4. The molecule has 2 aromatic heterocycles. The van der Waals surface area contributed by atoms with Gasteiger partial charge in [-0.1, -0.05) is 6.92 Å². The number of halogens is 1. The van der Waals surface area contributed by atoms with Crippen LogP contribution in [0.4, 0.5) is 0 Å². The van der Waals surface area contributed by atoms with Crippen LogP contribution in [0.2, 0.25) is 0 Å². The molecule has 0 saturated carbocycles. The Morgan fingerprint density at radius 2 is 2.00 bits per heavy atom. The van der Waals surface area contributed by atoms with Gasteiger partial charge in [-0.25, -0.2) is 0 Å². The molecule has 2 aromatic rings. The molecule has 0 spiro atoms. The van der Waals surface area contributed by atoms with Crippen LogP contribution in [0.1, 0.15) is 47.6 Å². The van der Waals surface area contributed by atoms with E-state index >= 15 is 0 Å². The third-order valence-electron chi connectivity index (χ3n) is 3.54.